The quantitative estimate of drug-likeness (QED) is 0.385. The molecule has 4 rings (SSSR count). The van der Waals surface area contributed by atoms with Crippen molar-refractivity contribution in [1.29, 1.82) is 0 Å². The molecule has 1 aliphatic rings. The Morgan fingerprint density at radius 2 is 1.85 bits per heavy atom. The van der Waals surface area contributed by atoms with Crippen molar-refractivity contribution in [2.24, 2.45) is 4.99 Å². The molecule has 3 aromatic rings. The lowest BCUT2D eigenvalue weighted by Gasteiger charge is -2.19. The summed E-state index contributed by atoms with van der Waals surface area (Å²) in [4.78, 5) is 40.4. The van der Waals surface area contributed by atoms with E-state index in [1.807, 2.05) is 0 Å². The zero-order chi connectivity index (χ0) is 29.2. The molecule has 1 atom stereocenters. The third kappa shape index (κ3) is 6.32. The van der Waals surface area contributed by atoms with Crippen LogP contribution in [0.25, 0.3) is 22.3 Å². The topological polar surface area (TPSA) is 148 Å². The molecule has 0 fully saturated rings. The van der Waals surface area contributed by atoms with Gasteiger partial charge in [-0.15, -0.1) is 0 Å². The van der Waals surface area contributed by atoms with E-state index in [1.54, 1.807) is 6.92 Å². The van der Waals surface area contributed by atoms with Gasteiger partial charge in [0.25, 0.3) is 11.5 Å². The Kier molecular flexibility index (Phi) is 8.00. The molecule has 2 N–H and O–H groups in total. The lowest BCUT2D eigenvalue weighted by molar-refractivity contribution is -0.130. The summed E-state index contributed by atoms with van der Waals surface area (Å²) in [5.41, 5.74) is -2.24. The van der Waals surface area contributed by atoms with E-state index >= 15 is 0 Å². The van der Waals surface area contributed by atoms with Crippen LogP contribution in [0.1, 0.15) is 19.8 Å². The highest BCUT2D eigenvalue weighted by molar-refractivity contribution is 7.90. The highest BCUT2D eigenvalue weighted by Crippen LogP contribution is 2.28. The predicted octanol–water partition coefficient (Wildman–Crippen LogP) is 2.13. The summed E-state index contributed by atoms with van der Waals surface area (Å²) < 4.78 is 79.6. The third-order valence-electron chi connectivity index (χ3n) is 5.98. The molecule has 11 nitrogen and oxygen atoms in total. The Morgan fingerprint density at radius 3 is 2.50 bits per heavy atom. The van der Waals surface area contributed by atoms with Gasteiger partial charge in [-0.1, -0.05) is 0 Å². The molecule has 0 aliphatic carbocycles. The second kappa shape index (κ2) is 11.1. The molecule has 16 heteroatoms. The molecule has 0 spiro atoms. The van der Waals surface area contributed by atoms with Crippen LogP contribution in [0.3, 0.4) is 0 Å². The maximum absolute atomic E-state index is 14.9. The fraction of sp³-hybridized carbons (Fsp3) is 0.333. The number of aryl methyl sites for hydroxylation is 1. The van der Waals surface area contributed by atoms with E-state index in [9.17, 15) is 35.6 Å². The fourth-order valence-corrected chi connectivity index (χ4v) is 4.47. The van der Waals surface area contributed by atoms with Crippen molar-refractivity contribution in [2.75, 3.05) is 12.9 Å². The minimum absolute atomic E-state index is 0.0108. The first-order valence-corrected chi connectivity index (χ1v) is 13.7. The summed E-state index contributed by atoms with van der Waals surface area (Å²) in [5, 5.41) is 4.72. The van der Waals surface area contributed by atoms with Crippen molar-refractivity contribution >= 4 is 32.9 Å². The van der Waals surface area contributed by atoms with E-state index in [0.717, 1.165) is 30.9 Å². The Balaban J connectivity index is 1.48. The minimum Gasteiger partial charge on any atom is -0.381 e. The van der Waals surface area contributed by atoms with Gasteiger partial charge in [0.05, 0.1) is 28.5 Å². The molecule has 0 bridgehead atoms. The predicted molar refractivity (Wildman–Crippen MR) is 137 cm³/mol. The number of fused-ring (bicyclic) bond motifs is 1. The van der Waals surface area contributed by atoms with Gasteiger partial charge in [-0.25, -0.2) is 27.8 Å². The van der Waals surface area contributed by atoms with Gasteiger partial charge in [-0.05, 0) is 31.9 Å². The molecule has 1 amide bonds. The number of aromatic nitrogens is 4. The van der Waals surface area contributed by atoms with Crippen LogP contribution >= 0.6 is 0 Å². The van der Waals surface area contributed by atoms with Gasteiger partial charge < -0.3 is 10.6 Å². The standard InChI is InChI=1S/C24H23F4N7O4S/c1-13(34-19-10-29-11-32-22(36)20(19)24(26,27)28)4-3-5-35-12-33-18-7-15(17(25)6-16(18)23(35)37)21-30-8-14(9-31-21)40(2,38)39/h6-10,12-13,34H,3-5,11H2,1-2H3,(H,32,36)/t13-/m0/s1. The molecule has 0 saturated carbocycles. The highest BCUT2D eigenvalue weighted by atomic mass is 32.2. The lowest BCUT2D eigenvalue weighted by atomic mass is 10.1. The number of alkyl halides is 3. The second-order valence-corrected chi connectivity index (χ2v) is 11.1. The number of carbonyl (C=O) groups excluding carboxylic acids is 1. The first-order chi connectivity index (χ1) is 18.8. The van der Waals surface area contributed by atoms with Gasteiger partial charge in [0, 0.05) is 37.5 Å². The van der Waals surface area contributed by atoms with Gasteiger partial charge in [0.1, 0.15) is 23.0 Å². The molecule has 0 saturated heterocycles. The van der Waals surface area contributed by atoms with E-state index in [4.69, 9.17) is 0 Å². The number of nitrogens with zero attached hydrogens (tertiary/aromatic N) is 5. The van der Waals surface area contributed by atoms with Gasteiger partial charge in [0.15, 0.2) is 15.7 Å². The average Bonchev–Trinajstić information content (AvgIpc) is 3.05. The number of sulfone groups is 1. The summed E-state index contributed by atoms with van der Waals surface area (Å²) in [6, 6.07) is 1.77. The van der Waals surface area contributed by atoms with E-state index in [-0.39, 0.29) is 40.4 Å². The van der Waals surface area contributed by atoms with Crippen molar-refractivity contribution in [3.05, 3.63) is 58.3 Å². The SMILES string of the molecule is C[C@@H](CCCn1cnc2cc(-c3ncc(S(C)(=O)=O)cn3)c(F)cc2c1=O)NC1=C(C(F)(F)F)C(=O)NCN=C1. The number of carbonyl (C=O) groups is 1. The Bertz CT molecular complexity index is 1680. The van der Waals surface area contributed by atoms with Crippen molar-refractivity contribution in [3.63, 3.8) is 0 Å². The van der Waals surface area contributed by atoms with Gasteiger partial charge in [0.2, 0.25) is 0 Å². The van der Waals surface area contributed by atoms with Crippen LogP contribution in [0.5, 0.6) is 0 Å². The number of nitrogens with one attached hydrogen (secondary N) is 2. The van der Waals surface area contributed by atoms with E-state index in [0.29, 0.717) is 12.8 Å². The summed E-state index contributed by atoms with van der Waals surface area (Å²) in [6.45, 7) is 1.49. The Morgan fingerprint density at radius 1 is 1.15 bits per heavy atom. The van der Waals surface area contributed by atoms with Gasteiger partial charge in [-0.3, -0.25) is 19.1 Å². The minimum atomic E-state index is -4.88. The monoisotopic (exact) mass is 581 g/mol. The average molecular weight is 582 g/mol. The highest BCUT2D eigenvalue weighted by Gasteiger charge is 2.42. The molecule has 212 valence electrons. The summed E-state index contributed by atoms with van der Waals surface area (Å²) >= 11 is 0. The molecule has 0 unspecified atom stereocenters. The van der Waals surface area contributed by atoms with Crippen LogP contribution in [0, 0.1) is 5.82 Å². The Hall–Kier alpha value is -4.21. The zero-order valence-corrected chi connectivity index (χ0v) is 22.0. The number of amides is 1. The molecule has 40 heavy (non-hydrogen) atoms. The van der Waals surface area contributed by atoms with Crippen LogP contribution < -0.4 is 16.2 Å². The van der Waals surface area contributed by atoms with Crippen molar-refractivity contribution in [3.8, 4) is 11.4 Å². The fourth-order valence-electron chi connectivity index (χ4n) is 3.98. The van der Waals surface area contributed by atoms with Crippen LogP contribution in [0.15, 0.2) is 56.8 Å². The number of halogens is 4. The number of hydrogen-bond acceptors (Lipinski definition) is 9. The summed E-state index contributed by atoms with van der Waals surface area (Å²) in [6.07, 6.45) is 1.12. The summed E-state index contributed by atoms with van der Waals surface area (Å²) in [5.74, 6) is -2.17. The largest absolute Gasteiger partial charge is 0.423 e. The maximum Gasteiger partial charge on any atom is 0.423 e. The van der Waals surface area contributed by atoms with E-state index in [1.165, 1.54) is 17.0 Å². The molecular weight excluding hydrogens is 558 g/mol. The normalized spacial score (nSPS) is 15.2. The van der Waals surface area contributed by atoms with Crippen LogP contribution in [-0.4, -0.2) is 65.2 Å². The van der Waals surface area contributed by atoms with Crippen LogP contribution in [-0.2, 0) is 21.2 Å². The number of aliphatic imine (C=N–C) groups is 1. The third-order valence-corrected chi connectivity index (χ3v) is 7.05. The van der Waals surface area contributed by atoms with E-state index in [2.05, 4.69) is 30.6 Å². The zero-order valence-electron chi connectivity index (χ0n) is 21.2. The van der Waals surface area contributed by atoms with Crippen LogP contribution in [0.2, 0.25) is 0 Å². The van der Waals surface area contributed by atoms with Crippen molar-refractivity contribution in [2.45, 2.75) is 43.4 Å². The number of rotatable bonds is 8. The molecule has 3 heterocycles. The smallest absolute Gasteiger partial charge is 0.381 e. The van der Waals surface area contributed by atoms with Gasteiger partial charge >= 0.3 is 6.18 Å². The molecular formula is C24H23F4N7O4S. The van der Waals surface area contributed by atoms with Gasteiger partial charge in [-0.2, -0.15) is 13.2 Å². The van der Waals surface area contributed by atoms with Crippen LogP contribution in [0.4, 0.5) is 17.6 Å². The first kappa shape index (κ1) is 28.8. The number of allylic oxidation sites excluding steroid dienone is 1. The Labute approximate surface area is 225 Å². The molecule has 0 radical (unpaired) electrons. The summed E-state index contributed by atoms with van der Waals surface area (Å²) in [7, 11) is -3.54. The maximum atomic E-state index is 14.9. The van der Waals surface area contributed by atoms with Crippen molar-refractivity contribution < 1.29 is 30.8 Å². The first-order valence-electron chi connectivity index (χ1n) is 11.8. The number of benzene rings is 1. The molecule has 1 aromatic carbocycles. The van der Waals surface area contributed by atoms with Crippen molar-refractivity contribution in [1.82, 2.24) is 30.2 Å². The lowest BCUT2D eigenvalue weighted by Crippen LogP contribution is -2.36. The van der Waals surface area contributed by atoms with E-state index < -0.39 is 50.6 Å². The second-order valence-electron chi connectivity index (χ2n) is 9.06. The molecule has 1 aliphatic heterocycles. The molecule has 2 aromatic heterocycles. The number of hydrogen-bond donors (Lipinski definition) is 2.